The number of hydrogen-bond acceptors (Lipinski definition) is 5. The molecule has 0 spiro atoms. The van der Waals surface area contributed by atoms with Gasteiger partial charge in [0.1, 0.15) is 11.5 Å². The smallest absolute Gasteiger partial charge is 0.269 e. The predicted molar refractivity (Wildman–Crippen MR) is 82.3 cm³/mol. The fraction of sp³-hybridized carbons (Fsp3) is 0.267. The van der Waals surface area contributed by atoms with Crippen molar-refractivity contribution in [1.29, 1.82) is 0 Å². The maximum Gasteiger partial charge on any atom is 0.269 e. The Bertz CT molecular complexity index is 668. The maximum atomic E-state index is 12.2. The quantitative estimate of drug-likeness (QED) is 0.848. The Labute approximate surface area is 127 Å². The first-order valence-corrected chi connectivity index (χ1v) is 7.34. The number of aliphatic hydroxyl groups excluding tert-OH is 1. The van der Waals surface area contributed by atoms with Crippen LogP contribution < -0.4 is 5.32 Å². The summed E-state index contributed by atoms with van der Waals surface area (Å²) in [4.78, 5) is 12.7. The molecule has 0 aliphatic rings. The van der Waals surface area contributed by atoms with Gasteiger partial charge in [-0.05, 0) is 42.2 Å². The second-order valence-electron chi connectivity index (χ2n) is 4.29. The predicted octanol–water partition coefficient (Wildman–Crippen LogP) is 2.09. The van der Waals surface area contributed by atoms with Crippen molar-refractivity contribution in [3.63, 3.8) is 0 Å². The van der Waals surface area contributed by atoms with E-state index in [0.29, 0.717) is 10.6 Å². The zero-order valence-electron chi connectivity index (χ0n) is 11.6. The average Bonchev–Trinajstić information content (AvgIpc) is 2.95. The molecule has 1 amide bonds. The molecule has 1 aromatic carbocycles. The van der Waals surface area contributed by atoms with Gasteiger partial charge in [0.05, 0.1) is 5.69 Å². The molecule has 0 bridgehead atoms. The molecule has 1 aromatic heterocycles. The molecule has 0 fully saturated rings. The number of nitrogens with one attached hydrogen (secondary N) is 1. The van der Waals surface area contributed by atoms with E-state index in [-0.39, 0.29) is 12.5 Å². The summed E-state index contributed by atoms with van der Waals surface area (Å²) in [5, 5.41) is 15.4. The molecule has 0 saturated heterocycles. The van der Waals surface area contributed by atoms with E-state index in [9.17, 15) is 4.79 Å². The van der Waals surface area contributed by atoms with Gasteiger partial charge in [-0.2, -0.15) is 0 Å². The molecule has 2 aromatic rings. The van der Waals surface area contributed by atoms with Crippen LogP contribution in [0.2, 0.25) is 0 Å². The number of carbonyl (C=O) groups is 1. The summed E-state index contributed by atoms with van der Waals surface area (Å²) in [5.41, 5.74) is 2.21. The Hall–Kier alpha value is -2.23. The zero-order chi connectivity index (χ0) is 15.1. The Morgan fingerprint density at radius 1 is 1.38 bits per heavy atom. The van der Waals surface area contributed by atoms with Crippen LogP contribution in [0.4, 0.5) is 5.69 Å². The van der Waals surface area contributed by atoms with E-state index in [1.807, 2.05) is 6.92 Å². The summed E-state index contributed by atoms with van der Waals surface area (Å²) in [7, 11) is 0. The van der Waals surface area contributed by atoms with Crippen LogP contribution in [0, 0.1) is 11.8 Å². The van der Waals surface area contributed by atoms with Crippen molar-refractivity contribution < 1.29 is 9.90 Å². The van der Waals surface area contributed by atoms with Gasteiger partial charge in [0.15, 0.2) is 0 Å². The summed E-state index contributed by atoms with van der Waals surface area (Å²) in [6.07, 6.45) is 1.67. The molecule has 6 heteroatoms. The maximum absolute atomic E-state index is 12.2. The summed E-state index contributed by atoms with van der Waals surface area (Å²) in [6.45, 7) is 1.87. The van der Waals surface area contributed by atoms with Crippen LogP contribution >= 0.6 is 11.5 Å². The van der Waals surface area contributed by atoms with E-state index >= 15 is 0 Å². The number of carbonyl (C=O) groups excluding carboxylic acids is 1. The third-order valence-electron chi connectivity index (χ3n) is 2.70. The van der Waals surface area contributed by atoms with Crippen LogP contribution in [0.25, 0.3) is 0 Å². The lowest BCUT2D eigenvalue weighted by molar-refractivity contribution is 0.102. The molecular formula is C15H15N3O2S. The first-order valence-electron chi connectivity index (χ1n) is 6.57. The van der Waals surface area contributed by atoms with Gasteiger partial charge in [-0.1, -0.05) is 29.7 Å². The second kappa shape index (κ2) is 7.53. The molecular weight excluding hydrogens is 286 g/mol. The van der Waals surface area contributed by atoms with Crippen LogP contribution in [0.1, 0.15) is 34.3 Å². The number of anilines is 1. The molecule has 1 heterocycles. The Kier molecular flexibility index (Phi) is 5.43. The minimum Gasteiger partial charge on any atom is -0.384 e. The van der Waals surface area contributed by atoms with Gasteiger partial charge in [-0.25, -0.2) is 0 Å². The third-order valence-corrected chi connectivity index (χ3v) is 3.47. The van der Waals surface area contributed by atoms with E-state index in [0.717, 1.165) is 35.6 Å². The standard InChI is InChI=1S/C15H15N3O2S/c1-2-4-13-14(21-18-17-13)15(20)16-12-8-6-11(7-9-12)5-3-10-19/h6-9,19H,2,4,10H2,1H3,(H,16,20). The number of rotatable bonds is 4. The fourth-order valence-electron chi connectivity index (χ4n) is 1.75. The van der Waals surface area contributed by atoms with Gasteiger partial charge in [-0.3, -0.25) is 4.79 Å². The van der Waals surface area contributed by atoms with Gasteiger partial charge in [0.25, 0.3) is 5.91 Å². The lowest BCUT2D eigenvalue weighted by Gasteiger charge is -2.04. The molecule has 0 unspecified atom stereocenters. The van der Waals surface area contributed by atoms with Crippen LogP contribution in [-0.4, -0.2) is 27.2 Å². The summed E-state index contributed by atoms with van der Waals surface area (Å²) >= 11 is 1.11. The molecule has 0 atom stereocenters. The average molecular weight is 301 g/mol. The van der Waals surface area contributed by atoms with Gasteiger partial charge in [0.2, 0.25) is 0 Å². The number of hydrogen-bond donors (Lipinski definition) is 2. The summed E-state index contributed by atoms with van der Waals surface area (Å²) < 4.78 is 3.84. The number of aliphatic hydroxyl groups is 1. The van der Waals surface area contributed by atoms with E-state index < -0.39 is 0 Å². The second-order valence-corrected chi connectivity index (χ2v) is 5.04. The van der Waals surface area contributed by atoms with Crippen molar-refractivity contribution in [3.05, 3.63) is 40.4 Å². The topological polar surface area (TPSA) is 75.1 Å². The van der Waals surface area contributed by atoms with Crippen molar-refractivity contribution in [2.75, 3.05) is 11.9 Å². The molecule has 2 rings (SSSR count). The van der Waals surface area contributed by atoms with E-state index in [4.69, 9.17) is 5.11 Å². The number of benzene rings is 1. The monoisotopic (exact) mass is 301 g/mol. The van der Waals surface area contributed by atoms with Gasteiger partial charge in [0, 0.05) is 11.3 Å². The molecule has 0 radical (unpaired) electrons. The first kappa shape index (κ1) is 15.2. The van der Waals surface area contributed by atoms with Crippen molar-refractivity contribution in [2.24, 2.45) is 0 Å². The molecule has 5 nitrogen and oxygen atoms in total. The van der Waals surface area contributed by atoms with Crippen molar-refractivity contribution in [2.45, 2.75) is 19.8 Å². The SMILES string of the molecule is CCCc1nnsc1C(=O)Nc1ccc(C#CCO)cc1. The Morgan fingerprint density at radius 2 is 2.14 bits per heavy atom. The minimum atomic E-state index is -0.192. The van der Waals surface area contributed by atoms with E-state index in [2.05, 4.69) is 26.7 Å². The largest absolute Gasteiger partial charge is 0.384 e. The van der Waals surface area contributed by atoms with E-state index in [1.165, 1.54) is 0 Å². The van der Waals surface area contributed by atoms with Crippen molar-refractivity contribution in [3.8, 4) is 11.8 Å². The van der Waals surface area contributed by atoms with Crippen LogP contribution in [-0.2, 0) is 6.42 Å². The highest BCUT2D eigenvalue weighted by atomic mass is 32.1. The molecule has 108 valence electrons. The lowest BCUT2D eigenvalue weighted by atomic mass is 10.2. The van der Waals surface area contributed by atoms with Crippen LogP contribution in [0.15, 0.2) is 24.3 Å². The first-order chi connectivity index (χ1) is 10.2. The lowest BCUT2D eigenvalue weighted by Crippen LogP contribution is -2.12. The molecule has 0 saturated carbocycles. The Morgan fingerprint density at radius 3 is 2.81 bits per heavy atom. The highest BCUT2D eigenvalue weighted by Gasteiger charge is 2.15. The molecule has 2 N–H and O–H groups in total. The van der Waals surface area contributed by atoms with E-state index in [1.54, 1.807) is 24.3 Å². The fourth-order valence-corrected chi connectivity index (χ4v) is 2.35. The number of aromatic nitrogens is 2. The van der Waals surface area contributed by atoms with Crippen molar-refractivity contribution in [1.82, 2.24) is 9.59 Å². The highest BCUT2D eigenvalue weighted by molar-refractivity contribution is 7.08. The normalized spacial score (nSPS) is 9.81. The molecule has 21 heavy (non-hydrogen) atoms. The zero-order valence-corrected chi connectivity index (χ0v) is 12.4. The summed E-state index contributed by atoms with van der Waals surface area (Å²) in [6, 6.07) is 7.12. The van der Waals surface area contributed by atoms with Gasteiger partial charge >= 0.3 is 0 Å². The molecule has 0 aliphatic carbocycles. The summed E-state index contributed by atoms with van der Waals surface area (Å²) in [5.74, 6) is 5.18. The molecule has 0 aliphatic heterocycles. The minimum absolute atomic E-state index is 0.170. The van der Waals surface area contributed by atoms with Crippen molar-refractivity contribution >= 4 is 23.1 Å². The number of nitrogens with zero attached hydrogens (tertiary/aromatic N) is 2. The highest BCUT2D eigenvalue weighted by Crippen LogP contribution is 2.16. The number of amides is 1. The van der Waals surface area contributed by atoms with Gasteiger partial charge in [-0.15, -0.1) is 5.10 Å². The number of aryl methyl sites for hydroxylation is 1. The van der Waals surface area contributed by atoms with Gasteiger partial charge < -0.3 is 10.4 Å². The van der Waals surface area contributed by atoms with Crippen LogP contribution in [0.5, 0.6) is 0 Å². The Balaban J connectivity index is 2.07. The third kappa shape index (κ3) is 4.12. The van der Waals surface area contributed by atoms with Crippen LogP contribution in [0.3, 0.4) is 0 Å².